The fourth-order valence-corrected chi connectivity index (χ4v) is 1.33. The molecule has 1 aliphatic rings. The lowest BCUT2D eigenvalue weighted by Crippen LogP contribution is -1.89. The minimum atomic E-state index is 0.769. The smallest absolute Gasteiger partial charge is 0.0725 e. The lowest BCUT2D eigenvalue weighted by Gasteiger charge is -2.01. The van der Waals surface area contributed by atoms with E-state index in [1.54, 1.807) is 0 Å². The number of nitrogens with one attached hydrogen (secondary N) is 1. The average molecular weight is 179 g/mol. The molecule has 2 nitrogen and oxygen atoms in total. The van der Waals surface area contributed by atoms with Gasteiger partial charge in [-0.1, -0.05) is 19.9 Å². The third kappa shape index (κ3) is 2.22. The van der Waals surface area contributed by atoms with Crippen LogP contribution in [0.15, 0.2) is 18.2 Å². The van der Waals surface area contributed by atoms with Gasteiger partial charge in [-0.15, -0.1) is 0 Å². The van der Waals surface area contributed by atoms with Gasteiger partial charge in [0.15, 0.2) is 0 Å². The Balaban J connectivity index is 0.000000396. The highest BCUT2D eigenvalue weighted by Gasteiger charge is 2.09. The Morgan fingerprint density at radius 1 is 1.15 bits per heavy atom. The van der Waals surface area contributed by atoms with Gasteiger partial charge in [0.2, 0.25) is 0 Å². The third-order valence-corrected chi connectivity index (χ3v) is 2.01. The SMILES string of the molecule is CC.CNc1ccc2c(c1)COC2. The van der Waals surface area contributed by atoms with Crippen LogP contribution in [-0.2, 0) is 18.0 Å². The van der Waals surface area contributed by atoms with Crippen LogP contribution in [0.1, 0.15) is 25.0 Å². The molecule has 0 aromatic heterocycles. The van der Waals surface area contributed by atoms with Crippen LogP contribution < -0.4 is 5.32 Å². The number of fused-ring (bicyclic) bond motifs is 1. The number of ether oxygens (including phenoxy) is 1. The summed E-state index contributed by atoms with van der Waals surface area (Å²) in [5.74, 6) is 0. The molecule has 0 spiro atoms. The lowest BCUT2D eigenvalue weighted by molar-refractivity contribution is 0.134. The van der Waals surface area contributed by atoms with Crippen LogP contribution in [0.4, 0.5) is 5.69 Å². The van der Waals surface area contributed by atoms with Gasteiger partial charge in [-0.05, 0) is 23.3 Å². The molecule has 0 aliphatic carbocycles. The van der Waals surface area contributed by atoms with Gasteiger partial charge in [-0.3, -0.25) is 0 Å². The van der Waals surface area contributed by atoms with Gasteiger partial charge < -0.3 is 10.1 Å². The van der Waals surface area contributed by atoms with Crippen molar-refractivity contribution in [2.24, 2.45) is 0 Å². The van der Waals surface area contributed by atoms with Crippen molar-refractivity contribution in [2.45, 2.75) is 27.1 Å². The zero-order valence-electron chi connectivity index (χ0n) is 8.55. The molecule has 1 heterocycles. The van der Waals surface area contributed by atoms with Gasteiger partial charge in [0.05, 0.1) is 13.2 Å². The minimum Gasteiger partial charge on any atom is -0.388 e. The highest BCUT2D eigenvalue weighted by molar-refractivity contribution is 5.48. The molecule has 1 aromatic carbocycles. The summed E-state index contributed by atoms with van der Waals surface area (Å²) in [6, 6.07) is 6.34. The van der Waals surface area contributed by atoms with Crippen molar-refractivity contribution >= 4 is 5.69 Å². The predicted molar refractivity (Wildman–Crippen MR) is 55.8 cm³/mol. The van der Waals surface area contributed by atoms with E-state index in [9.17, 15) is 0 Å². The van der Waals surface area contributed by atoms with Gasteiger partial charge >= 0.3 is 0 Å². The minimum absolute atomic E-state index is 0.769. The van der Waals surface area contributed by atoms with Crippen molar-refractivity contribution < 1.29 is 4.74 Å². The quantitative estimate of drug-likeness (QED) is 0.715. The first-order chi connectivity index (χ1) is 6.40. The van der Waals surface area contributed by atoms with Gasteiger partial charge in [-0.25, -0.2) is 0 Å². The van der Waals surface area contributed by atoms with Crippen molar-refractivity contribution in [3.8, 4) is 0 Å². The number of benzene rings is 1. The van der Waals surface area contributed by atoms with Crippen molar-refractivity contribution in [3.05, 3.63) is 29.3 Å². The predicted octanol–water partition coefficient (Wildman–Crippen LogP) is 2.78. The van der Waals surface area contributed by atoms with Crippen molar-refractivity contribution in [3.63, 3.8) is 0 Å². The van der Waals surface area contributed by atoms with Crippen molar-refractivity contribution in [2.75, 3.05) is 12.4 Å². The molecule has 72 valence electrons. The molecule has 0 saturated heterocycles. The Kier molecular flexibility index (Phi) is 3.77. The van der Waals surface area contributed by atoms with Crippen LogP contribution in [0.3, 0.4) is 0 Å². The molecule has 1 aliphatic heterocycles. The first-order valence-electron chi connectivity index (χ1n) is 4.77. The average Bonchev–Trinajstić information content (AvgIpc) is 2.67. The van der Waals surface area contributed by atoms with E-state index in [1.165, 1.54) is 11.1 Å². The number of rotatable bonds is 1. The first-order valence-corrected chi connectivity index (χ1v) is 4.77. The van der Waals surface area contributed by atoms with E-state index in [1.807, 2.05) is 20.9 Å². The van der Waals surface area contributed by atoms with Gasteiger partial charge in [0.1, 0.15) is 0 Å². The molecular formula is C11H17NO. The van der Waals surface area contributed by atoms with E-state index in [2.05, 4.69) is 23.5 Å². The van der Waals surface area contributed by atoms with Gasteiger partial charge in [-0.2, -0.15) is 0 Å². The fraction of sp³-hybridized carbons (Fsp3) is 0.455. The summed E-state index contributed by atoms with van der Waals surface area (Å²) in [7, 11) is 1.93. The summed E-state index contributed by atoms with van der Waals surface area (Å²) in [6.07, 6.45) is 0. The highest BCUT2D eigenvalue weighted by Crippen LogP contribution is 2.22. The molecule has 0 saturated carbocycles. The Morgan fingerprint density at radius 3 is 2.54 bits per heavy atom. The van der Waals surface area contributed by atoms with E-state index in [4.69, 9.17) is 4.74 Å². The second kappa shape index (κ2) is 4.87. The standard InChI is InChI=1S/C9H11NO.C2H6/c1-10-9-3-2-7-5-11-6-8(7)4-9;1-2/h2-4,10H,5-6H2,1H3;1-2H3. The van der Waals surface area contributed by atoms with Crippen LogP contribution >= 0.6 is 0 Å². The first kappa shape index (κ1) is 10.1. The maximum atomic E-state index is 5.29. The van der Waals surface area contributed by atoms with Gasteiger partial charge in [0, 0.05) is 12.7 Å². The highest BCUT2D eigenvalue weighted by atomic mass is 16.5. The number of anilines is 1. The Morgan fingerprint density at radius 2 is 1.85 bits per heavy atom. The Bertz CT molecular complexity index is 271. The molecule has 0 radical (unpaired) electrons. The topological polar surface area (TPSA) is 21.3 Å². The fourth-order valence-electron chi connectivity index (χ4n) is 1.33. The van der Waals surface area contributed by atoms with E-state index in [-0.39, 0.29) is 0 Å². The Hall–Kier alpha value is -1.02. The maximum Gasteiger partial charge on any atom is 0.0725 e. The second-order valence-corrected chi connectivity index (χ2v) is 2.73. The Labute approximate surface area is 79.9 Å². The zero-order chi connectivity index (χ0) is 9.68. The lowest BCUT2D eigenvalue weighted by atomic mass is 10.1. The summed E-state index contributed by atoms with van der Waals surface area (Å²) in [6.45, 7) is 5.55. The summed E-state index contributed by atoms with van der Waals surface area (Å²) in [5, 5.41) is 3.10. The molecule has 13 heavy (non-hydrogen) atoms. The molecule has 0 atom stereocenters. The molecule has 0 bridgehead atoms. The van der Waals surface area contributed by atoms with Crippen molar-refractivity contribution in [1.82, 2.24) is 0 Å². The van der Waals surface area contributed by atoms with Crippen LogP contribution in [0.25, 0.3) is 0 Å². The van der Waals surface area contributed by atoms with Crippen molar-refractivity contribution in [1.29, 1.82) is 0 Å². The molecule has 1 aromatic rings. The van der Waals surface area contributed by atoms with E-state index in [0.717, 1.165) is 18.9 Å². The molecular weight excluding hydrogens is 162 g/mol. The van der Waals surface area contributed by atoms with Crippen LogP contribution in [0, 0.1) is 0 Å². The summed E-state index contributed by atoms with van der Waals surface area (Å²) in [5.41, 5.74) is 3.80. The molecule has 0 unspecified atom stereocenters. The summed E-state index contributed by atoms with van der Waals surface area (Å²) in [4.78, 5) is 0. The molecule has 1 N–H and O–H groups in total. The van der Waals surface area contributed by atoms with Gasteiger partial charge in [0.25, 0.3) is 0 Å². The van der Waals surface area contributed by atoms with E-state index in [0.29, 0.717) is 0 Å². The molecule has 2 rings (SSSR count). The normalized spacial score (nSPS) is 12.8. The molecule has 2 heteroatoms. The molecule has 0 fully saturated rings. The summed E-state index contributed by atoms with van der Waals surface area (Å²) < 4.78 is 5.29. The third-order valence-electron chi connectivity index (χ3n) is 2.01. The van der Waals surface area contributed by atoms with Crippen LogP contribution in [0.2, 0.25) is 0 Å². The largest absolute Gasteiger partial charge is 0.388 e. The van der Waals surface area contributed by atoms with E-state index < -0.39 is 0 Å². The number of hydrogen-bond donors (Lipinski definition) is 1. The molecule has 0 amide bonds. The monoisotopic (exact) mass is 179 g/mol. The summed E-state index contributed by atoms with van der Waals surface area (Å²) >= 11 is 0. The van der Waals surface area contributed by atoms with Crippen LogP contribution in [0.5, 0.6) is 0 Å². The number of hydrogen-bond acceptors (Lipinski definition) is 2. The maximum absolute atomic E-state index is 5.29. The second-order valence-electron chi connectivity index (χ2n) is 2.73. The zero-order valence-corrected chi connectivity index (χ0v) is 8.55. The van der Waals surface area contributed by atoms with Crippen LogP contribution in [-0.4, -0.2) is 7.05 Å². The van der Waals surface area contributed by atoms with E-state index >= 15 is 0 Å².